The Hall–Kier alpha value is -3.49. The van der Waals surface area contributed by atoms with Crippen molar-refractivity contribution in [1.82, 2.24) is 4.90 Å². The third kappa shape index (κ3) is 5.50. The molecule has 0 spiro atoms. The molecule has 2 aromatic rings. The third-order valence-electron chi connectivity index (χ3n) is 3.40. The van der Waals surface area contributed by atoms with Gasteiger partial charge in [0.05, 0.1) is 0 Å². The molecule has 0 saturated heterocycles. The van der Waals surface area contributed by atoms with Crippen molar-refractivity contribution in [2.45, 2.75) is 0 Å². The summed E-state index contributed by atoms with van der Waals surface area (Å²) < 4.78 is 26.0. The number of hydrogen-bond donors (Lipinski definition) is 2. The van der Waals surface area contributed by atoms with Crippen LogP contribution < -0.4 is 11.1 Å². The molecule has 2 amide bonds. The van der Waals surface area contributed by atoms with Crippen molar-refractivity contribution >= 4 is 23.3 Å². The Morgan fingerprint density at radius 3 is 2.30 bits per heavy atom. The fourth-order valence-corrected chi connectivity index (χ4v) is 2.02. The van der Waals surface area contributed by atoms with Gasteiger partial charge in [-0.1, -0.05) is 5.16 Å². The first kappa shape index (κ1) is 19.8. The predicted molar refractivity (Wildman–Crippen MR) is 96.1 cm³/mol. The molecular formula is C18H18F2N4O3. The zero-order valence-corrected chi connectivity index (χ0v) is 14.7. The Kier molecular flexibility index (Phi) is 6.42. The van der Waals surface area contributed by atoms with Crippen LogP contribution in [0.1, 0.15) is 15.9 Å². The SMILES string of the molecule is CN(C)C(=O)c1ccc(NC(=O)CON=C(N)c2ccc(F)c(F)c2)cc1. The number of nitrogens with zero attached hydrogens (tertiary/aromatic N) is 2. The lowest BCUT2D eigenvalue weighted by Crippen LogP contribution is -2.22. The summed E-state index contributed by atoms with van der Waals surface area (Å²) in [5.74, 6) is -2.94. The van der Waals surface area contributed by atoms with Gasteiger partial charge in [0.1, 0.15) is 0 Å². The summed E-state index contributed by atoms with van der Waals surface area (Å²) in [5.41, 5.74) is 6.66. The van der Waals surface area contributed by atoms with Crippen molar-refractivity contribution < 1.29 is 23.2 Å². The molecule has 142 valence electrons. The van der Waals surface area contributed by atoms with E-state index >= 15 is 0 Å². The summed E-state index contributed by atoms with van der Waals surface area (Å²) in [7, 11) is 3.28. The van der Waals surface area contributed by atoms with Crippen LogP contribution in [0.3, 0.4) is 0 Å². The van der Waals surface area contributed by atoms with E-state index in [4.69, 9.17) is 10.6 Å². The Morgan fingerprint density at radius 1 is 1.07 bits per heavy atom. The van der Waals surface area contributed by atoms with Gasteiger partial charge in [-0.25, -0.2) is 8.78 Å². The van der Waals surface area contributed by atoms with Gasteiger partial charge in [-0.2, -0.15) is 0 Å². The number of nitrogens with one attached hydrogen (secondary N) is 1. The summed E-state index contributed by atoms with van der Waals surface area (Å²) in [6.07, 6.45) is 0. The van der Waals surface area contributed by atoms with E-state index in [9.17, 15) is 18.4 Å². The van der Waals surface area contributed by atoms with Gasteiger partial charge in [-0.05, 0) is 42.5 Å². The molecule has 0 aliphatic rings. The standard InChI is InChI=1S/C18H18F2N4O3/c1-24(2)18(26)11-3-6-13(7-4-11)22-16(25)10-27-23-17(21)12-5-8-14(19)15(20)9-12/h3-9H,10H2,1-2H3,(H2,21,23)(H,22,25). The number of rotatable bonds is 6. The highest BCUT2D eigenvalue weighted by atomic mass is 19.2. The summed E-state index contributed by atoms with van der Waals surface area (Å²) >= 11 is 0. The van der Waals surface area contributed by atoms with Crippen molar-refractivity contribution in [3.63, 3.8) is 0 Å². The number of anilines is 1. The number of carbonyl (C=O) groups excluding carboxylic acids is 2. The topological polar surface area (TPSA) is 97.0 Å². The van der Waals surface area contributed by atoms with Crippen LogP contribution in [0.4, 0.5) is 14.5 Å². The van der Waals surface area contributed by atoms with Gasteiger partial charge in [0.25, 0.3) is 11.8 Å². The number of hydrogen-bond acceptors (Lipinski definition) is 4. The number of amides is 2. The van der Waals surface area contributed by atoms with Crippen LogP contribution in [0.5, 0.6) is 0 Å². The van der Waals surface area contributed by atoms with E-state index in [1.807, 2.05) is 0 Å². The highest BCUT2D eigenvalue weighted by Crippen LogP contribution is 2.11. The summed E-state index contributed by atoms with van der Waals surface area (Å²) in [6.45, 7) is -0.442. The van der Waals surface area contributed by atoms with E-state index < -0.39 is 24.1 Å². The molecule has 2 rings (SSSR count). The van der Waals surface area contributed by atoms with Gasteiger partial charge in [-0.15, -0.1) is 0 Å². The van der Waals surface area contributed by atoms with Crippen molar-refractivity contribution in [1.29, 1.82) is 0 Å². The highest BCUT2D eigenvalue weighted by molar-refractivity contribution is 5.97. The minimum Gasteiger partial charge on any atom is -0.384 e. The molecular weight excluding hydrogens is 358 g/mol. The third-order valence-corrected chi connectivity index (χ3v) is 3.40. The first-order valence-corrected chi connectivity index (χ1v) is 7.80. The Morgan fingerprint density at radius 2 is 1.70 bits per heavy atom. The van der Waals surface area contributed by atoms with E-state index in [-0.39, 0.29) is 17.3 Å². The maximum absolute atomic E-state index is 13.1. The lowest BCUT2D eigenvalue weighted by molar-refractivity contribution is -0.120. The van der Waals surface area contributed by atoms with Gasteiger partial charge in [-0.3, -0.25) is 9.59 Å². The summed E-state index contributed by atoms with van der Waals surface area (Å²) in [5, 5.41) is 6.06. The van der Waals surface area contributed by atoms with Crippen LogP contribution in [0.2, 0.25) is 0 Å². The van der Waals surface area contributed by atoms with E-state index in [1.165, 1.54) is 11.0 Å². The molecule has 0 heterocycles. The van der Waals surface area contributed by atoms with Crippen LogP contribution >= 0.6 is 0 Å². The molecule has 27 heavy (non-hydrogen) atoms. The average molecular weight is 376 g/mol. The molecule has 0 radical (unpaired) electrons. The average Bonchev–Trinajstić information content (AvgIpc) is 2.63. The molecule has 0 bridgehead atoms. The van der Waals surface area contributed by atoms with Gasteiger partial charge in [0, 0.05) is 30.9 Å². The normalized spacial score (nSPS) is 11.0. The predicted octanol–water partition coefficient (Wildman–Crippen LogP) is 1.94. The second kappa shape index (κ2) is 8.75. The quantitative estimate of drug-likeness (QED) is 0.457. The fourth-order valence-electron chi connectivity index (χ4n) is 2.02. The van der Waals surface area contributed by atoms with Crippen LogP contribution in [-0.2, 0) is 9.63 Å². The van der Waals surface area contributed by atoms with Crippen LogP contribution in [-0.4, -0.2) is 43.3 Å². The maximum Gasteiger partial charge on any atom is 0.265 e. The fraction of sp³-hybridized carbons (Fsp3) is 0.167. The smallest absolute Gasteiger partial charge is 0.265 e. The minimum absolute atomic E-state index is 0.121. The molecule has 9 heteroatoms. The molecule has 0 aliphatic heterocycles. The van der Waals surface area contributed by atoms with Crippen LogP contribution in [0.25, 0.3) is 0 Å². The van der Waals surface area contributed by atoms with Gasteiger partial charge < -0.3 is 20.8 Å². The molecule has 3 N–H and O–H groups in total. The number of benzene rings is 2. The lowest BCUT2D eigenvalue weighted by Gasteiger charge is -2.10. The first-order chi connectivity index (χ1) is 12.8. The minimum atomic E-state index is -1.07. The van der Waals surface area contributed by atoms with Gasteiger partial charge >= 0.3 is 0 Å². The van der Waals surface area contributed by atoms with E-state index in [1.54, 1.807) is 38.4 Å². The first-order valence-electron chi connectivity index (χ1n) is 7.80. The molecule has 2 aromatic carbocycles. The molecule has 0 saturated carbocycles. The maximum atomic E-state index is 13.1. The Bertz CT molecular complexity index is 867. The summed E-state index contributed by atoms with van der Waals surface area (Å²) in [4.78, 5) is 29.9. The van der Waals surface area contributed by atoms with E-state index in [0.717, 1.165) is 12.1 Å². The molecule has 0 unspecified atom stereocenters. The number of halogens is 2. The van der Waals surface area contributed by atoms with Gasteiger partial charge in [0.2, 0.25) is 0 Å². The Balaban J connectivity index is 1.88. The number of amidine groups is 1. The molecule has 7 nitrogen and oxygen atoms in total. The van der Waals surface area contributed by atoms with Gasteiger partial charge in [0.15, 0.2) is 24.1 Å². The lowest BCUT2D eigenvalue weighted by atomic mass is 10.2. The summed E-state index contributed by atoms with van der Waals surface area (Å²) in [6, 6.07) is 9.33. The molecule has 0 atom stereocenters. The monoisotopic (exact) mass is 376 g/mol. The number of oxime groups is 1. The van der Waals surface area contributed by atoms with E-state index in [0.29, 0.717) is 11.3 Å². The largest absolute Gasteiger partial charge is 0.384 e. The zero-order valence-electron chi connectivity index (χ0n) is 14.7. The van der Waals surface area contributed by atoms with Crippen LogP contribution in [0.15, 0.2) is 47.6 Å². The molecule has 0 aliphatic carbocycles. The second-order valence-corrected chi connectivity index (χ2v) is 5.70. The molecule has 0 fully saturated rings. The number of carbonyl (C=O) groups is 2. The Labute approximate surface area is 154 Å². The van der Waals surface area contributed by atoms with Crippen molar-refractivity contribution in [2.24, 2.45) is 10.9 Å². The number of nitrogens with two attached hydrogens (primary N) is 1. The van der Waals surface area contributed by atoms with Crippen molar-refractivity contribution in [2.75, 3.05) is 26.0 Å². The molecule has 0 aromatic heterocycles. The van der Waals surface area contributed by atoms with Crippen molar-refractivity contribution in [3.8, 4) is 0 Å². The highest BCUT2D eigenvalue weighted by Gasteiger charge is 2.09. The van der Waals surface area contributed by atoms with Crippen LogP contribution in [0, 0.1) is 11.6 Å². The second-order valence-electron chi connectivity index (χ2n) is 5.70. The zero-order chi connectivity index (χ0) is 20.0. The van der Waals surface area contributed by atoms with Crippen molar-refractivity contribution in [3.05, 3.63) is 65.2 Å². The van der Waals surface area contributed by atoms with E-state index in [2.05, 4.69) is 10.5 Å².